The summed E-state index contributed by atoms with van der Waals surface area (Å²) in [6, 6.07) is 4.38. The molecule has 2 rings (SSSR count). The molecule has 1 amide bonds. The number of hydrogen-bond acceptors (Lipinski definition) is 5. The van der Waals surface area contributed by atoms with Gasteiger partial charge in [-0.15, -0.1) is 0 Å². The summed E-state index contributed by atoms with van der Waals surface area (Å²) in [5.41, 5.74) is 4.82. The first-order chi connectivity index (χ1) is 8.50. The maximum Gasteiger partial charge on any atom is 0.272 e. The molecule has 2 aromatic rings. The van der Waals surface area contributed by atoms with E-state index in [-0.39, 0.29) is 11.1 Å². The number of primary amides is 1. The van der Waals surface area contributed by atoms with Gasteiger partial charge >= 0.3 is 0 Å². The lowest BCUT2D eigenvalue weighted by Crippen LogP contribution is -2.33. The Morgan fingerprint density at radius 2 is 2.11 bits per heavy atom. The molecule has 0 radical (unpaired) electrons. The smallest absolute Gasteiger partial charge is 0.272 e. The highest BCUT2D eigenvalue weighted by Gasteiger charge is 2.23. The third-order valence-corrected chi connectivity index (χ3v) is 2.62. The van der Waals surface area contributed by atoms with Crippen LogP contribution < -0.4 is 11.3 Å². The second kappa shape index (κ2) is 4.55. The van der Waals surface area contributed by atoms with E-state index in [1.165, 1.54) is 24.4 Å². The molecule has 1 aromatic carbocycles. The number of hydrogen-bond donors (Lipinski definition) is 4. The van der Waals surface area contributed by atoms with Crippen LogP contribution in [0.3, 0.4) is 0 Å². The number of nitrogens with zero attached hydrogens (tertiary/aromatic N) is 1. The number of aromatic amines is 1. The van der Waals surface area contributed by atoms with Crippen LogP contribution in [0.2, 0.25) is 0 Å². The van der Waals surface area contributed by atoms with Crippen molar-refractivity contribution in [2.24, 2.45) is 5.73 Å². The van der Waals surface area contributed by atoms with Crippen LogP contribution in [-0.4, -0.2) is 32.4 Å². The van der Waals surface area contributed by atoms with Crippen molar-refractivity contribution in [2.75, 3.05) is 0 Å². The Labute approximate surface area is 101 Å². The number of carbonyl (C=O) groups excluding carboxylic acids is 1. The molecule has 0 saturated carbocycles. The third-order valence-electron chi connectivity index (χ3n) is 2.62. The highest BCUT2D eigenvalue weighted by Crippen LogP contribution is 2.20. The van der Waals surface area contributed by atoms with Crippen LogP contribution >= 0.6 is 0 Å². The van der Waals surface area contributed by atoms with Gasteiger partial charge in [0.2, 0.25) is 5.91 Å². The van der Waals surface area contributed by atoms with Crippen molar-refractivity contribution in [1.82, 2.24) is 10.2 Å². The van der Waals surface area contributed by atoms with Gasteiger partial charge in [-0.2, -0.15) is 5.10 Å². The fraction of sp³-hybridized carbons (Fsp3) is 0.182. The number of benzene rings is 1. The molecule has 0 aliphatic rings. The highest BCUT2D eigenvalue weighted by molar-refractivity contribution is 5.82. The zero-order valence-electron chi connectivity index (χ0n) is 9.20. The zero-order valence-corrected chi connectivity index (χ0v) is 9.20. The second-order valence-electron chi connectivity index (χ2n) is 3.84. The Morgan fingerprint density at radius 1 is 1.39 bits per heavy atom. The monoisotopic (exact) mass is 249 g/mol. The van der Waals surface area contributed by atoms with Crippen molar-refractivity contribution in [1.29, 1.82) is 0 Å². The molecule has 0 aliphatic carbocycles. The van der Waals surface area contributed by atoms with Crippen molar-refractivity contribution in [3.63, 3.8) is 0 Å². The molecule has 7 nitrogen and oxygen atoms in total. The van der Waals surface area contributed by atoms with Gasteiger partial charge < -0.3 is 15.9 Å². The molecule has 7 heteroatoms. The summed E-state index contributed by atoms with van der Waals surface area (Å²) in [6.07, 6.45) is -1.73. The van der Waals surface area contributed by atoms with E-state index >= 15 is 0 Å². The minimum atomic E-state index is -1.70. The number of nitrogens with one attached hydrogen (secondary N) is 1. The predicted molar refractivity (Wildman–Crippen MR) is 62.5 cm³/mol. The lowest BCUT2D eigenvalue weighted by atomic mass is 10.0. The topological polar surface area (TPSA) is 129 Å². The molecule has 0 spiro atoms. The lowest BCUT2D eigenvalue weighted by Gasteiger charge is -2.15. The average molecular weight is 249 g/mol. The molecule has 0 aliphatic heterocycles. The van der Waals surface area contributed by atoms with Crippen molar-refractivity contribution in [3.8, 4) is 0 Å². The van der Waals surface area contributed by atoms with Gasteiger partial charge in [0.15, 0.2) is 6.10 Å². The van der Waals surface area contributed by atoms with Crippen LogP contribution in [0.25, 0.3) is 10.8 Å². The standard InChI is InChI=1S/C11H11N3O4/c12-10(17)9(16)8(15)5-1-2-7-6(3-5)4-13-14-11(7)18/h1-4,8-9,15-16H,(H2,12,17)(H,14,18). The van der Waals surface area contributed by atoms with Crippen LogP contribution in [0.5, 0.6) is 0 Å². The number of aromatic nitrogens is 2. The first-order valence-electron chi connectivity index (χ1n) is 5.13. The van der Waals surface area contributed by atoms with Gasteiger partial charge in [0, 0.05) is 5.39 Å². The number of aliphatic hydroxyl groups excluding tert-OH is 2. The number of carbonyl (C=O) groups is 1. The molecule has 1 aromatic heterocycles. The Bertz CT molecular complexity index is 652. The highest BCUT2D eigenvalue weighted by atomic mass is 16.3. The van der Waals surface area contributed by atoms with E-state index in [4.69, 9.17) is 5.73 Å². The van der Waals surface area contributed by atoms with E-state index in [0.29, 0.717) is 10.8 Å². The van der Waals surface area contributed by atoms with Crippen molar-refractivity contribution >= 4 is 16.7 Å². The molecule has 94 valence electrons. The predicted octanol–water partition coefficient (Wildman–Crippen LogP) is -1.20. The van der Waals surface area contributed by atoms with Crippen LogP contribution in [0.4, 0.5) is 0 Å². The first kappa shape index (κ1) is 12.2. The Morgan fingerprint density at radius 3 is 2.78 bits per heavy atom. The first-order valence-corrected chi connectivity index (χ1v) is 5.13. The maximum absolute atomic E-state index is 11.4. The van der Waals surface area contributed by atoms with Gasteiger partial charge in [0.05, 0.1) is 11.6 Å². The summed E-state index contributed by atoms with van der Waals surface area (Å²) >= 11 is 0. The van der Waals surface area contributed by atoms with E-state index in [1.54, 1.807) is 0 Å². The zero-order chi connectivity index (χ0) is 13.3. The molecule has 0 fully saturated rings. The molecule has 1 heterocycles. The van der Waals surface area contributed by atoms with E-state index in [2.05, 4.69) is 10.2 Å². The summed E-state index contributed by atoms with van der Waals surface area (Å²) in [7, 11) is 0. The molecule has 0 saturated heterocycles. The number of rotatable bonds is 3. The molecule has 2 atom stereocenters. The number of H-pyrrole nitrogens is 1. The van der Waals surface area contributed by atoms with E-state index in [0.717, 1.165) is 0 Å². The van der Waals surface area contributed by atoms with Crippen molar-refractivity contribution in [3.05, 3.63) is 40.3 Å². The quantitative estimate of drug-likeness (QED) is 0.543. The summed E-state index contributed by atoms with van der Waals surface area (Å²) in [5, 5.41) is 25.9. The van der Waals surface area contributed by atoms with Gasteiger partial charge in [-0.1, -0.05) is 6.07 Å². The van der Waals surface area contributed by atoms with Crippen molar-refractivity contribution in [2.45, 2.75) is 12.2 Å². The van der Waals surface area contributed by atoms with Crippen LogP contribution in [0, 0.1) is 0 Å². The summed E-state index contributed by atoms with van der Waals surface area (Å²) in [6.45, 7) is 0. The van der Waals surface area contributed by atoms with Crippen LogP contribution in [0.1, 0.15) is 11.7 Å². The van der Waals surface area contributed by atoms with E-state index < -0.39 is 18.1 Å². The lowest BCUT2D eigenvalue weighted by molar-refractivity contribution is -0.131. The number of aliphatic hydroxyl groups is 2. The normalized spacial score (nSPS) is 14.3. The van der Waals surface area contributed by atoms with Crippen LogP contribution in [-0.2, 0) is 4.79 Å². The van der Waals surface area contributed by atoms with Gasteiger partial charge in [0.1, 0.15) is 6.10 Å². The molecule has 0 bridgehead atoms. The summed E-state index contributed by atoms with van der Waals surface area (Å²) in [5.74, 6) is -1.02. The van der Waals surface area contributed by atoms with Gasteiger partial charge in [-0.25, -0.2) is 5.10 Å². The number of amides is 1. The van der Waals surface area contributed by atoms with E-state index in [1.807, 2.05) is 0 Å². The SMILES string of the molecule is NC(=O)C(O)C(O)c1ccc2c(=O)[nH]ncc2c1. The molecular weight excluding hydrogens is 238 g/mol. The Kier molecular flexibility index (Phi) is 3.09. The average Bonchev–Trinajstić information content (AvgIpc) is 2.36. The number of fused-ring (bicyclic) bond motifs is 1. The van der Waals surface area contributed by atoms with Gasteiger partial charge in [-0.3, -0.25) is 9.59 Å². The molecule has 2 unspecified atom stereocenters. The Balaban J connectivity index is 2.48. The summed E-state index contributed by atoms with van der Waals surface area (Å²) < 4.78 is 0. The molecule has 5 N–H and O–H groups in total. The third kappa shape index (κ3) is 2.08. The summed E-state index contributed by atoms with van der Waals surface area (Å²) in [4.78, 5) is 22.2. The minimum absolute atomic E-state index is 0.279. The van der Waals surface area contributed by atoms with E-state index in [9.17, 15) is 19.8 Å². The largest absolute Gasteiger partial charge is 0.385 e. The van der Waals surface area contributed by atoms with Crippen molar-refractivity contribution < 1.29 is 15.0 Å². The fourth-order valence-corrected chi connectivity index (χ4v) is 1.64. The van der Waals surface area contributed by atoms with Gasteiger partial charge in [0.25, 0.3) is 5.56 Å². The van der Waals surface area contributed by atoms with Gasteiger partial charge in [-0.05, 0) is 17.7 Å². The second-order valence-corrected chi connectivity index (χ2v) is 3.84. The molecular formula is C11H11N3O4. The maximum atomic E-state index is 11.4. The molecule has 18 heavy (non-hydrogen) atoms. The fourth-order valence-electron chi connectivity index (χ4n) is 1.64. The minimum Gasteiger partial charge on any atom is -0.385 e. The number of nitrogens with two attached hydrogens (primary N) is 1. The van der Waals surface area contributed by atoms with Crippen LogP contribution in [0.15, 0.2) is 29.2 Å². The Hall–Kier alpha value is -2.25.